The summed E-state index contributed by atoms with van der Waals surface area (Å²) in [7, 11) is -3.63. The van der Waals surface area contributed by atoms with Gasteiger partial charge in [0.05, 0.1) is 4.90 Å². The van der Waals surface area contributed by atoms with Gasteiger partial charge in [-0.1, -0.05) is 6.07 Å². The molecule has 1 aromatic rings. The van der Waals surface area contributed by atoms with Crippen LogP contribution in [0, 0.1) is 5.82 Å². The third kappa shape index (κ3) is 2.82. The normalized spacial score (nSPS) is 17.9. The van der Waals surface area contributed by atoms with E-state index in [1.54, 1.807) is 11.8 Å². The number of alkyl halides is 1. The van der Waals surface area contributed by atoms with Crippen molar-refractivity contribution in [2.24, 2.45) is 0 Å². The monoisotopic (exact) mass is 309 g/mol. The molecule has 0 unspecified atom stereocenters. The molecule has 0 bridgehead atoms. The van der Waals surface area contributed by atoms with Crippen LogP contribution in [0.3, 0.4) is 0 Å². The Morgan fingerprint density at radius 3 is 2.61 bits per heavy atom. The molecule has 100 valence electrons. The Labute approximate surface area is 115 Å². The predicted molar refractivity (Wildman–Crippen MR) is 72.0 cm³/mol. The van der Waals surface area contributed by atoms with Gasteiger partial charge < -0.3 is 0 Å². The molecule has 0 aromatic heterocycles. The number of thioether (sulfide) groups is 1. The Balaban J connectivity index is 2.42. The van der Waals surface area contributed by atoms with Crippen LogP contribution in [0.15, 0.2) is 23.1 Å². The third-order valence-electron chi connectivity index (χ3n) is 2.76. The average molecular weight is 310 g/mol. The molecular formula is C11H13ClFNO2S2. The lowest BCUT2D eigenvalue weighted by Crippen LogP contribution is -2.38. The highest BCUT2D eigenvalue weighted by Crippen LogP contribution is 2.25. The summed E-state index contributed by atoms with van der Waals surface area (Å²) >= 11 is 7.44. The van der Waals surface area contributed by atoms with Gasteiger partial charge in [-0.2, -0.15) is 16.1 Å². The maximum atomic E-state index is 13.3. The number of hydrogen-bond acceptors (Lipinski definition) is 3. The van der Waals surface area contributed by atoms with E-state index < -0.39 is 15.8 Å². The lowest BCUT2D eigenvalue weighted by Gasteiger charge is -2.26. The highest BCUT2D eigenvalue weighted by atomic mass is 35.5. The fourth-order valence-corrected chi connectivity index (χ4v) is 4.93. The molecule has 1 aliphatic rings. The maximum Gasteiger partial charge on any atom is 0.243 e. The molecule has 2 rings (SSSR count). The second-order valence-corrected chi connectivity index (χ2v) is 7.30. The molecule has 7 heteroatoms. The molecule has 3 nitrogen and oxygen atoms in total. The van der Waals surface area contributed by atoms with Crippen LogP contribution in [-0.4, -0.2) is 37.3 Å². The Kier molecular flexibility index (Phi) is 4.53. The van der Waals surface area contributed by atoms with Crippen molar-refractivity contribution in [2.75, 3.05) is 24.6 Å². The first kappa shape index (κ1) is 14.1. The van der Waals surface area contributed by atoms with Gasteiger partial charge in [0, 0.05) is 30.5 Å². The van der Waals surface area contributed by atoms with Crippen molar-refractivity contribution in [2.45, 2.75) is 10.8 Å². The van der Waals surface area contributed by atoms with E-state index in [9.17, 15) is 12.8 Å². The predicted octanol–water partition coefficient (Wildman–Crippen LogP) is 2.30. The fourth-order valence-electron chi connectivity index (χ4n) is 1.80. The summed E-state index contributed by atoms with van der Waals surface area (Å²) in [5.74, 6) is 1.03. The minimum Gasteiger partial charge on any atom is -0.207 e. The van der Waals surface area contributed by atoms with Crippen molar-refractivity contribution in [1.29, 1.82) is 0 Å². The number of hydrogen-bond donors (Lipinski definition) is 0. The summed E-state index contributed by atoms with van der Waals surface area (Å²) in [6, 6.07) is 3.70. The molecule has 0 amide bonds. The van der Waals surface area contributed by atoms with Gasteiger partial charge in [-0.15, -0.1) is 11.6 Å². The van der Waals surface area contributed by atoms with Crippen molar-refractivity contribution in [3.05, 3.63) is 29.6 Å². The van der Waals surface area contributed by atoms with Gasteiger partial charge >= 0.3 is 0 Å². The van der Waals surface area contributed by atoms with E-state index in [0.29, 0.717) is 18.7 Å². The van der Waals surface area contributed by atoms with Gasteiger partial charge in [-0.05, 0) is 17.7 Å². The van der Waals surface area contributed by atoms with Gasteiger partial charge in [-0.25, -0.2) is 12.8 Å². The van der Waals surface area contributed by atoms with Crippen molar-refractivity contribution in [3.8, 4) is 0 Å². The summed E-state index contributed by atoms with van der Waals surface area (Å²) in [6.45, 7) is 0.927. The SMILES string of the molecule is O=S(=O)(c1cc(F)ccc1CCl)N1CCSCC1. The van der Waals surface area contributed by atoms with E-state index in [-0.39, 0.29) is 10.8 Å². The molecule has 1 saturated heterocycles. The number of sulfonamides is 1. The van der Waals surface area contributed by atoms with Crippen LogP contribution < -0.4 is 0 Å². The first-order chi connectivity index (χ1) is 8.55. The fraction of sp³-hybridized carbons (Fsp3) is 0.455. The number of rotatable bonds is 3. The highest BCUT2D eigenvalue weighted by Gasteiger charge is 2.28. The van der Waals surface area contributed by atoms with Crippen molar-refractivity contribution < 1.29 is 12.8 Å². The average Bonchev–Trinajstić information content (AvgIpc) is 2.39. The number of benzene rings is 1. The minimum atomic E-state index is -3.63. The molecular weight excluding hydrogens is 297 g/mol. The lowest BCUT2D eigenvalue weighted by atomic mass is 10.2. The Hall–Kier alpha value is -0.300. The molecule has 1 heterocycles. The highest BCUT2D eigenvalue weighted by molar-refractivity contribution is 7.99. The Morgan fingerprint density at radius 2 is 2.00 bits per heavy atom. The molecule has 0 saturated carbocycles. The summed E-state index contributed by atoms with van der Waals surface area (Å²) in [5, 5.41) is 0. The van der Waals surface area contributed by atoms with E-state index in [0.717, 1.165) is 17.6 Å². The quantitative estimate of drug-likeness (QED) is 0.804. The Morgan fingerprint density at radius 1 is 1.33 bits per heavy atom. The molecule has 0 aliphatic carbocycles. The molecule has 0 radical (unpaired) electrons. The summed E-state index contributed by atoms with van der Waals surface area (Å²) in [5.41, 5.74) is 0.441. The lowest BCUT2D eigenvalue weighted by molar-refractivity contribution is 0.442. The van der Waals surface area contributed by atoms with E-state index in [4.69, 9.17) is 11.6 Å². The van der Waals surface area contributed by atoms with E-state index in [1.165, 1.54) is 16.4 Å². The van der Waals surface area contributed by atoms with Crippen LogP contribution in [0.1, 0.15) is 5.56 Å². The van der Waals surface area contributed by atoms with Crippen LogP contribution in [0.2, 0.25) is 0 Å². The smallest absolute Gasteiger partial charge is 0.207 e. The first-order valence-electron chi connectivity index (χ1n) is 5.48. The van der Waals surface area contributed by atoms with E-state index >= 15 is 0 Å². The van der Waals surface area contributed by atoms with Crippen molar-refractivity contribution >= 4 is 33.4 Å². The second kappa shape index (κ2) is 5.77. The molecule has 1 fully saturated rings. The molecule has 1 aromatic carbocycles. The summed E-state index contributed by atoms with van der Waals surface area (Å²) < 4.78 is 39.5. The third-order valence-corrected chi connectivity index (χ3v) is 5.97. The zero-order valence-electron chi connectivity index (χ0n) is 9.60. The maximum absolute atomic E-state index is 13.3. The van der Waals surface area contributed by atoms with Crippen LogP contribution in [0.4, 0.5) is 4.39 Å². The van der Waals surface area contributed by atoms with E-state index in [1.807, 2.05) is 0 Å². The molecule has 18 heavy (non-hydrogen) atoms. The Bertz CT molecular complexity index is 530. The van der Waals surface area contributed by atoms with Crippen LogP contribution in [-0.2, 0) is 15.9 Å². The second-order valence-electron chi connectivity index (χ2n) is 3.90. The topological polar surface area (TPSA) is 37.4 Å². The van der Waals surface area contributed by atoms with Gasteiger partial charge in [0.1, 0.15) is 5.82 Å². The summed E-state index contributed by atoms with van der Waals surface area (Å²) in [4.78, 5) is -0.00981. The largest absolute Gasteiger partial charge is 0.243 e. The number of halogens is 2. The molecule has 0 N–H and O–H groups in total. The molecule has 1 aliphatic heterocycles. The van der Waals surface area contributed by atoms with Gasteiger partial charge in [0.25, 0.3) is 0 Å². The summed E-state index contributed by atoms with van der Waals surface area (Å²) in [6.07, 6.45) is 0. The van der Waals surface area contributed by atoms with Gasteiger partial charge in [0.15, 0.2) is 0 Å². The van der Waals surface area contributed by atoms with Gasteiger partial charge in [0.2, 0.25) is 10.0 Å². The van der Waals surface area contributed by atoms with E-state index in [2.05, 4.69) is 0 Å². The standard InChI is InChI=1S/C11H13ClFNO2S2/c12-8-9-1-2-10(13)7-11(9)18(15,16)14-3-5-17-6-4-14/h1-2,7H,3-6,8H2. The van der Waals surface area contributed by atoms with Crippen LogP contribution in [0.5, 0.6) is 0 Å². The van der Waals surface area contributed by atoms with Crippen LogP contribution >= 0.6 is 23.4 Å². The number of nitrogens with zero attached hydrogens (tertiary/aromatic N) is 1. The minimum absolute atomic E-state index is 0.00981. The molecule has 0 spiro atoms. The molecule has 0 atom stereocenters. The van der Waals surface area contributed by atoms with Crippen molar-refractivity contribution in [1.82, 2.24) is 4.31 Å². The van der Waals surface area contributed by atoms with Crippen molar-refractivity contribution in [3.63, 3.8) is 0 Å². The first-order valence-corrected chi connectivity index (χ1v) is 8.61. The zero-order chi connectivity index (χ0) is 13.2. The van der Waals surface area contributed by atoms with Gasteiger partial charge in [-0.3, -0.25) is 0 Å². The van der Waals surface area contributed by atoms with Crippen LogP contribution in [0.25, 0.3) is 0 Å². The zero-order valence-corrected chi connectivity index (χ0v) is 12.0.